The second kappa shape index (κ2) is 6.55. The SMILES string of the molecule is C=C(C)c1nc(/C=C\C)c(C)s1.CC. The Kier molecular flexibility index (Phi) is 6.13. The molecule has 0 aliphatic carbocycles. The third kappa shape index (κ3) is 3.46. The van der Waals surface area contributed by atoms with Crippen molar-refractivity contribution < 1.29 is 0 Å². The molecule has 78 valence electrons. The minimum Gasteiger partial charge on any atom is -0.237 e. The van der Waals surface area contributed by atoms with Crippen LogP contribution in [0.15, 0.2) is 12.7 Å². The van der Waals surface area contributed by atoms with Gasteiger partial charge in [-0.1, -0.05) is 26.5 Å². The molecule has 0 aromatic carbocycles. The average molecular weight is 209 g/mol. The standard InChI is InChI=1S/C10H13NS.C2H6/c1-5-6-9-8(4)12-10(11-9)7(2)3;1-2/h5-6H,2H2,1,3-4H3;1-2H3/b6-5-;. The Labute approximate surface area is 91.2 Å². The Hall–Kier alpha value is -0.890. The third-order valence-electron chi connectivity index (χ3n) is 1.52. The molecule has 2 heteroatoms. The first-order valence-electron chi connectivity index (χ1n) is 4.91. The van der Waals surface area contributed by atoms with Crippen molar-refractivity contribution in [3.05, 3.63) is 28.2 Å². The van der Waals surface area contributed by atoms with Gasteiger partial charge in [-0.05, 0) is 32.4 Å². The summed E-state index contributed by atoms with van der Waals surface area (Å²) in [7, 11) is 0. The monoisotopic (exact) mass is 209 g/mol. The normalized spacial score (nSPS) is 9.79. The Balaban J connectivity index is 0.000000791. The second-order valence-electron chi connectivity index (χ2n) is 2.74. The van der Waals surface area contributed by atoms with E-state index in [1.165, 1.54) is 4.88 Å². The van der Waals surface area contributed by atoms with Gasteiger partial charge >= 0.3 is 0 Å². The molecule has 1 aromatic rings. The van der Waals surface area contributed by atoms with Gasteiger partial charge in [0, 0.05) is 4.88 Å². The Bertz CT molecular complexity index is 321. The molecular weight excluding hydrogens is 190 g/mol. The van der Waals surface area contributed by atoms with Crippen molar-refractivity contribution in [2.75, 3.05) is 0 Å². The summed E-state index contributed by atoms with van der Waals surface area (Å²) in [5.41, 5.74) is 2.11. The summed E-state index contributed by atoms with van der Waals surface area (Å²) in [6, 6.07) is 0. The lowest BCUT2D eigenvalue weighted by molar-refractivity contribution is 1.30. The van der Waals surface area contributed by atoms with Crippen LogP contribution in [0.4, 0.5) is 0 Å². The molecule has 0 amide bonds. The van der Waals surface area contributed by atoms with Crippen LogP contribution in [-0.2, 0) is 0 Å². The molecule has 1 rings (SSSR count). The number of hydrogen-bond donors (Lipinski definition) is 0. The van der Waals surface area contributed by atoms with Gasteiger partial charge in [0.1, 0.15) is 5.01 Å². The van der Waals surface area contributed by atoms with Gasteiger partial charge in [0.05, 0.1) is 5.69 Å². The minimum absolute atomic E-state index is 1.04. The van der Waals surface area contributed by atoms with Crippen LogP contribution in [0.1, 0.15) is 43.3 Å². The van der Waals surface area contributed by atoms with Crippen LogP contribution >= 0.6 is 11.3 Å². The number of allylic oxidation sites excluding steroid dienone is 2. The molecule has 1 aromatic heterocycles. The highest BCUT2D eigenvalue weighted by Crippen LogP contribution is 2.23. The summed E-state index contributed by atoms with van der Waals surface area (Å²) in [6.07, 6.45) is 4.03. The summed E-state index contributed by atoms with van der Waals surface area (Å²) in [6.45, 7) is 13.9. The Morgan fingerprint density at radius 3 is 2.36 bits per heavy atom. The highest BCUT2D eigenvalue weighted by molar-refractivity contribution is 7.12. The van der Waals surface area contributed by atoms with Gasteiger partial charge in [0.25, 0.3) is 0 Å². The highest BCUT2D eigenvalue weighted by atomic mass is 32.1. The van der Waals surface area contributed by atoms with Gasteiger partial charge in [-0.25, -0.2) is 4.98 Å². The first-order valence-corrected chi connectivity index (χ1v) is 5.72. The van der Waals surface area contributed by atoms with Crippen LogP contribution in [0.25, 0.3) is 11.6 Å². The topological polar surface area (TPSA) is 12.9 Å². The number of aromatic nitrogens is 1. The first-order chi connectivity index (χ1) is 6.65. The first kappa shape index (κ1) is 13.1. The summed E-state index contributed by atoms with van der Waals surface area (Å²) in [5, 5.41) is 1.04. The van der Waals surface area contributed by atoms with Crippen molar-refractivity contribution in [2.45, 2.75) is 34.6 Å². The zero-order valence-corrected chi connectivity index (χ0v) is 10.5. The predicted molar refractivity (Wildman–Crippen MR) is 67.6 cm³/mol. The Morgan fingerprint density at radius 1 is 1.43 bits per heavy atom. The van der Waals surface area contributed by atoms with E-state index in [2.05, 4.69) is 18.5 Å². The van der Waals surface area contributed by atoms with Gasteiger partial charge in [-0.15, -0.1) is 11.3 Å². The molecule has 1 nitrogen and oxygen atoms in total. The van der Waals surface area contributed by atoms with E-state index in [1.807, 2.05) is 39.8 Å². The average Bonchev–Trinajstić information content (AvgIpc) is 2.52. The van der Waals surface area contributed by atoms with Gasteiger partial charge in [0.2, 0.25) is 0 Å². The van der Waals surface area contributed by atoms with Crippen molar-refractivity contribution in [3.8, 4) is 0 Å². The van der Waals surface area contributed by atoms with E-state index >= 15 is 0 Å². The molecule has 0 spiro atoms. The van der Waals surface area contributed by atoms with E-state index in [1.54, 1.807) is 11.3 Å². The maximum Gasteiger partial charge on any atom is 0.119 e. The van der Waals surface area contributed by atoms with Crippen molar-refractivity contribution in [1.82, 2.24) is 4.98 Å². The van der Waals surface area contributed by atoms with Gasteiger partial charge in [-0.2, -0.15) is 0 Å². The molecule has 14 heavy (non-hydrogen) atoms. The zero-order valence-electron chi connectivity index (χ0n) is 9.72. The lowest BCUT2D eigenvalue weighted by Crippen LogP contribution is -1.76. The molecular formula is C12H19NS. The molecule has 0 saturated heterocycles. The molecule has 0 saturated carbocycles. The Morgan fingerprint density at radius 2 is 2.00 bits per heavy atom. The molecule has 1 heterocycles. The minimum atomic E-state index is 1.04. The predicted octanol–water partition coefficient (Wildman–Crippen LogP) is 4.54. The van der Waals surface area contributed by atoms with Gasteiger partial charge < -0.3 is 0 Å². The van der Waals surface area contributed by atoms with Crippen molar-refractivity contribution in [1.29, 1.82) is 0 Å². The largest absolute Gasteiger partial charge is 0.237 e. The lowest BCUT2D eigenvalue weighted by Gasteiger charge is -1.86. The maximum absolute atomic E-state index is 4.43. The van der Waals surface area contributed by atoms with E-state index < -0.39 is 0 Å². The summed E-state index contributed by atoms with van der Waals surface area (Å²) in [5.74, 6) is 0. The van der Waals surface area contributed by atoms with Crippen LogP contribution in [-0.4, -0.2) is 4.98 Å². The van der Waals surface area contributed by atoms with Crippen LogP contribution in [0.2, 0.25) is 0 Å². The molecule has 0 atom stereocenters. The molecule has 0 unspecified atom stereocenters. The maximum atomic E-state index is 4.43. The molecule has 0 N–H and O–H groups in total. The second-order valence-corrected chi connectivity index (χ2v) is 3.94. The number of hydrogen-bond acceptors (Lipinski definition) is 2. The quantitative estimate of drug-likeness (QED) is 0.696. The van der Waals surface area contributed by atoms with Crippen LogP contribution in [0.5, 0.6) is 0 Å². The van der Waals surface area contributed by atoms with Gasteiger partial charge in [-0.3, -0.25) is 0 Å². The van der Waals surface area contributed by atoms with Crippen molar-refractivity contribution in [3.63, 3.8) is 0 Å². The molecule has 0 fully saturated rings. The molecule has 0 aliphatic heterocycles. The zero-order chi connectivity index (χ0) is 11.1. The smallest absolute Gasteiger partial charge is 0.119 e. The number of thiazole rings is 1. The fourth-order valence-electron chi connectivity index (χ4n) is 0.903. The number of aryl methyl sites for hydroxylation is 1. The number of rotatable bonds is 2. The van der Waals surface area contributed by atoms with E-state index in [-0.39, 0.29) is 0 Å². The van der Waals surface area contributed by atoms with Gasteiger partial charge in [0.15, 0.2) is 0 Å². The fraction of sp³-hybridized carbons (Fsp3) is 0.417. The molecule has 0 bridgehead atoms. The summed E-state index contributed by atoms with van der Waals surface area (Å²) < 4.78 is 0. The highest BCUT2D eigenvalue weighted by Gasteiger charge is 2.04. The lowest BCUT2D eigenvalue weighted by atomic mass is 10.3. The van der Waals surface area contributed by atoms with Crippen molar-refractivity contribution in [2.24, 2.45) is 0 Å². The van der Waals surface area contributed by atoms with E-state index in [9.17, 15) is 0 Å². The number of nitrogens with zero attached hydrogens (tertiary/aromatic N) is 1. The van der Waals surface area contributed by atoms with Crippen molar-refractivity contribution >= 4 is 23.0 Å². The van der Waals surface area contributed by atoms with Crippen LogP contribution in [0.3, 0.4) is 0 Å². The van der Waals surface area contributed by atoms with Crippen LogP contribution < -0.4 is 0 Å². The summed E-state index contributed by atoms with van der Waals surface area (Å²) >= 11 is 1.70. The van der Waals surface area contributed by atoms with E-state index in [0.717, 1.165) is 16.3 Å². The fourth-order valence-corrected chi connectivity index (χ4v) is 1.73. The van der Waals surface area contributed by atoms with Crippen LogP contribution in [0, 0.1) is 6.92 Å². The molecule has 0 aliphatic rings. The van der Waals surface area contributed by atoms with E-state index in [0.29, 0.717) is 0 Å². The molecule has 0 radical (unpaired) electrons. The third-order valence-corrected chi connectivity index (χ3v) is 2.67. The summed E-state index contributed by atoms with van der Waals surface area (Å²) in [4.78, 5) is 5.69. The van der Waals surface area contributed by atoms with E-state index in [4.69, 9.17) is 0 Å².